The Morgan fingerprint density at radius 2 is 1.69 bits per heavy atom. The van der Waals surface area contributed by atoms with E-state index in [1.165, 1.54) is 4.90 Å². The van der Waals surface area contributed by atoms with E-state index in [0.717, 1.165) is 11.3 Å². The maximum Gasteiger partial charge on any atom is 0.329 e. The van der Waals surface area contributed by atoms with E-state index >= 15 is 0 Å². The monoisotopic (exact) mass is 371 g/mol. The number of carboxylic acids is 1. The number of carbonyl (C=O) groups excluding carboxylic acids is 1. The summed E-state index contributed by atoms with van der Waals surface area (Å²) in [6, 6.07) is 17.4. The van der Waals surface area contributed by atoms with Crippen LogP contribution in [0.5, 0.6) is 0 Å². The van der Waals surface area contributed by atoms with Crippen LogP contribution < -0.4 is 5.32 Å². The molecule has 136 valence electrons. The predicted octanol–water partition coefficient (Wildman–Crippen LogP) is 3.34. The van der Waals surface area contributed by atoms with Gasteiger partial charge in [0, 0.05) is 42.3 Å². The van der Waals surface area contributed by atoms with Crippen LogP contribution in [0.1, 0.15) is 28.8 Å². The molecule has 0 radical (unpaired) electrons. The van der Waals surface area contributed by atoms with Crippen LogP contribution in [0.15, 0.2) is 59.5 Å². The Kier molecular flexibility index (Phi) is 5.96. The molecule has 2 aromatic rings. The lowest BCUT2D eigenvalue weighted by molar-refractivity contribution is -0.148. The molecule has 3 rings (SSSR count). The van der Waals surface area contributed by atoms with Gasteiger partial charge in [-0.3, -0.25) is 4.79 Å². The molecule has 0 aliphatic carbocycles. The number of hydrogen-bond donors (Lipinski definition) is 2. The maximum absolute atomic E-state index is 12.5. The highest BCUT2D eigenvalue weighted by Crippen LogP contribution is 2.24. The van der Waals surface area contributed by atoms with Crippen LogP contribution >= 0.6 is 11.8 Å². The molecule has 0 bridgehead atoms. The number of carbonyl (C=O) groups is 2. The molecule has 1 aliphatic rings. The lowest BCUT2D eigenvalue weighted by atomic mass is 9.89. The Balaban J connectivity index is 1.62. The van der Waals surface area contributed by atoms with Crippen molar-refractivity contribution < 1.29 is 19.4 Å². The van der Waals surface area contributed by atoms with Crippen LogP contribution in [0.3, 0.4) is 0 Å². The fourth-order valence-electron chi connectivity index (χ4n) is 2.84. The molecule has 0 unspecified atom stereocenters. The van der Waals surface area contributed by atoms with Crippen LogP contribution in [-0.4, -0.2) is 35.7 Å². The summed E-state index contributed by atoms with van der Waals surface area (Å²) in [7, 11) is 0. The molecular formula is C20H21NO4S. The molecule has 26 heavy (non-hydrogen) atoms. The highest BCUT2D eigenvalue weighted by atomic mass is 32.2. The predicted molar refractivity (Wildman–Crippen MR) is 100 cm³/mol. The van der Waals surface area contributed by atoms with Gasteiger partial charge in [0.15, 0.2) is 0 Å². The van der Waals surface area contributed by atoms with Gasteiger partial charge in [-0.1, -0.05) is 30.3 Å². The fraction of sp³-hybridized carbons (Fsp3) is 0.300. The third-order valence-corrected chi connectivity index (χ3v) is 5.56. The molecule has 1 amide bonds. The first kappa shape index (κ1) is 18.5. The number of benzene rings is 2. The molecule has 0 saturated carbocycles. The molecule has 0 aromatic heterocycles. The molecule has 6 heteroatoms. The van der Waals surface area contributed by atoms with Crippen molar-refractivity contribution in [2.45, 2.75) is 29.0 Å². The molecule has 5 nitrogen and oxygen atoms in total. The SMILES string of the molecule is O=C(NC1(C(=O)O)CCOCC1)c1ccc(CSc2ccccc2)cc1. The van der Waals surface area contributed by atoms with Crippen LogP contribution in [-0.2, 0) is 15.3 Å². The van der Waals surface area contributed by atoms with E-state index in [9.17, 15) is 14.7 Å². The number of amides is 1. The Bertz CT molecular complexity index is 755. The van der Waals surface area contributed by atoms with E-state index in [4.69, 9.17) is 4.74 Å². The number of nitrogens with one attached hydrogen (secondary N) is 1. The number of carboxylic acid groups (broad SMARTS) is 1. The smallest absolute Gasteiger partial charge is 0.329 e. The lowest BCUT2D eigenvalue weighted by Crippen LogP contribution is -2.57. The van der Waals surface area contributed by atoms with Crippen molar-refractivity contribution in [1.82, 2.24) is 5.32 Å². The zero-order chi connectivity index (χ0) is 18.4. The van der Waals surface area contributed by atoms with Crippen molar-refractivity contribution in [3.63, 3.8) is 0 Å². The summed E-state index contributed by atoms with van der Waals surface area (Å²) in [5, 5.41) is 12.2. The van der Waals surface area contributed by atoms with E-state index in [-0.39, 0.29) is 18.7 Å². The first-order chi connectivity index (χ1) is 12.6. The Morgan fingerprint density at radius 3 is 2.31 bits per heavy atom. The second-order valence-corrected chi connectivity index (χ2v) is 7.30. The minimum atomic E-state index is -1.24. The van der Waals surface area contributed by atoms with Crippen molar-refractivity contribution in [3.05, 3.63) is 65.7 Å². The Morgan fingerprint density at radius 1 is 1.04 bits per heavy atom. The minimum absolute atomic E-state index is 0.278. The third-order valence-electron chi connectivity index (χ3n) is 4.47. The van der Waals surface area contributed by atoms with Gasteiger partial charge in [-0.15, -0.1) is 11.8 Å². The molecule has 1 saturated heterocycles. The number of aliphatic carboxylic acids is 1. The summed E-state index contributed by atoms with van der Waals surface area (Å²) in [4.78, 5) is 25.3. The molecule has 1 heterocycles. The summed E-state index contributed by atoms with van der Waals surface area (Å²) < 4.78 is 5.22. The number of rotatable bonds is 6. The third kappa shape index (κ3) is 4.45. The normalized spacial score (nSPS) is 16.0. The van der Waals surface area contributed by atoms with Crippen LogP contribution in [0.4, 0.5) is 0 Å². The van der Waals surface area contributed by atoms with Gasteiger partial charge in [0.1, 0.15) is 5.54 Å². The van der Waals surface area contributed by atoms with Gasteiger partial charge in [0.25, 0.3) is 5.91 Å². The fourth-order valence-corrected chi connectivity index (χ4v) is 3.71. The van der Waals surface area contributed by atoms with Crippen molar-refractivity contribution in [2.24, 2.45) is 0 Å². The molecule has 0 spiro atoms. The summed E-state index contributed by atoms with van der Waals surface area (Å²) in [6.07, 6.45) is 0.555. The van der Waals surface area contributed by atoms with Crippen molar-refractivity contribution in [2.75, 3.05) is 13.2 Å². The van der Waals surface area contributed by atoms with Crippen molar-refractivity contribution in [3.8, 4) is 0 Å². The zero-order valence-electron chi connectivity index (χ0n) is 14.3. The molecule has 1 fully saturated rings. The first-order valence-electron chi connectivity index (χ1n) is 8.49. The summed E-state index contributed by atoms with van der Waals surface area (Å²) >= 11 is 1.73. The van der Waals surface area contributed by atoms with E-state index in [1.54, 1.807) is 23.9 Å². The van der Waals surface area contributed by atoms with Crippen LogP contribution in [0.25, 0.3) is 0 Å². The zero-order valence-corrected chi connectivity index (χ0v) is 15.1. The second kappa shape index (κ2) is 8.38. The average molecular weight is 371 g/mol. The highest BCUT2D eigenvalue weighted by Gasteiger charge is 2.41. The molecular weight excluding hydrogens is 350 g/mol. The quantitative estimate of drug-likeness (QED) is 0.762. The highest BCUT2D eigenvalue weighted by molar-refractivity contribution is 7.98. The van der Waals surface area contributed by atoms with E-state index in [0.29, 0.717) is 18.8 Å². The summed E-state index contributed by atoms with van der Waals surface area (Å²) in [6.45, 7) is 0.671. The second-order valence-electron chi connectivity index (χ2n) is 6.25. The van der Waals surface area contributed by atoms with Crippen molar-refractivity contribution in [1.29, 1.82) is 0 Å². The van der Waals surface area contributed by atoms with Gasteiger partial charge in [0.05, 0.1) is 0 Å². The molecule has 1 aliphatic heterocycles. The topological polar surface area (TPSA) is 75.6 Å². The van der Waals surface area contributed by atoms with Gasteiger partial charge in [-0.05, 0) is 29.8 Å². The Labute approximate surface area is 156 Å². The largest absolute Gasteiger partial charge is 0.480 e. The van der Waals surface area contributed by atoms with Crippen molar-refractivity contribution >= 4 is 23.6 Å². The van der Waals surface area contributed by atoms with E-state index in [2.05, 4.69) is 17.4 Å². The first-order valence-corrected chi connectivity index (χ1v) is 9.48. The lowest BCUT2D eigenvalue weighted by Gasteiger charge is -2.33. The van der Waals surface area contributed by atoms with Gasteiger partial charge in [0.2, 0.25) is 0 Å². The molecule has 0 atom stereocenters. The van der Waals surface area contributed by atoms with Crippen LogP contribution in [0.2, 0.25) is 0 Å². The maximum atomic E-state index is 12.5. The number of hydrogen-bond acceptors (Lipinski definition) is 4. The van der Waals surface area contributed by atoms with Gasteiger partial charge < -0.3 is 15.2 Å². The summed E-state index contributed by atoms with van der Waals surface area (Å²) in [5.41, 5.74) is 0.331. The van der Waals surface area contributed by atoms with Crippen LogP contribution in [0, 0.1) is 0 Å². The molecule has 2 aromatic carbocycles. The molecule has 2 N–H and O–H groups in total. The van der Waals surface area contributed by atoms with E-state index in [1.807, 2.05) is 30.3 Å². The number of thioether (sulfide) groups is 1. The average Bonchev–Trinajstić information content (AvgIpc) is 2.68. The van der Waals surface area contributed by atoms with E-state index < -0.39 is 11.5 Å². The number of ether oxygens (including phenoxy) is 1. The summed E-state index contributed by atoms with van der Waals surface area (Å²) in [5.74, 6) is -0.566. The van der Waals surface area contributed by atoms with Gasteiger partial charge >= 0.3 is 5.97 Å². The van der Waals surface area contributed by atoms with Gasteiger partial charge in [-0.25, -0.2) is 4.79 Å². The van der Waals surface area contributed by atoms with Gasteiger partial charge in [-0.2, -0.15) is 0 Å². The minimum Gasteiger partial charge on any atom is -0.480 e. The Hall–Kier alpha value is -2.31. The standard InChI is InChI=1S/C20H21NO4S/c22-18(21-20(19(23)24)10-12-25-13-11-20)16-8-6-15(7-9-16)14-26-17-4-2-1-3-5-17/h1-9H,10-14H2,(H,21,22)(H,23,24).